The minimum Gasteiger partial charge on any atom is -0.354 e. The van der Waals surface area contributed by atoms with Crippen LogP contribution in [0.3, 0.4) is 0 Å². The number of rotatable bonds is 7. The molecule has 5 nitrogen and oxygen atoms in total. The average molecular weight is 236 g/mol. The molecule has 0 unspecified atom stereocenters. The topological polar surface area (TPSA) is 57.3 Å². The summed E-state index contributed by atoms with van der Waals surface area (Å²) in [5.41, 5.74) is 1.08. The molecule has 1 aromatic heterocycles. The molecular weight excluding hydrogens is 216 g/mol. The van der Waals surface area contributed by atoms with Crippen LogP contribution in [0.4, 0.5) is 0 Å². The van der Waals surface area contributed by atoms with Gasteiger partial charge in [-0.15, -0.1) is 0 Å². The third-order valence-electron chi connectivity index (χ3n) is 2.22. The van der Waals surface area contributed by atoms with Crippen LogP contribution in [0.15, 0.2) is 24.5 Å². The van der Waals surface area contributed by atoms with Gasteiger partial charge in [0.1, 0.15) is 0 Å². The maximum atomic E-state index is 11.4. The maximum absolute atomic E-state index is 11.4. The van der Waals surface area contributed by atoms with Gasteiger partial charge in [-0.3, -0.25) is 9.78 Å². The minimum atomic E-state index is 0.0238. The van der Waals surface area contributed by atoms with E-state index in [1.54, 1.807) is 12.4 Å². The number of nitrogens with zero attached hydrogens (tertiary/aromatic N) is 2. The number of carbonyl (C=O) groups is 1. The van der Waals surface area contributed by atoms with E-state index in [0.29, 0.717) is 19.6 Å². The zero-order chi connectivity index (χ0) is 12.5. The van der Waals surface area contributed by atoms with Crippen LogP contribution in [0, 0.1) is 0 Å². The Bertz CT molecular complexity index is 327. The lowest BCUT2D eigenvalue weighted by Crippen LogP contribution is -2.37. The first-order chi connectivity index (χ1) is 8.18. The molecule has 0 bridgehead atoms. The highest BCUT2D eigenvalue weighted by Gasteiger charge is 2.00. The Morgan fingerprint density at radius 3 is 2.94 bits per heavy atom. The molecule has 94 valence electrons. The van der Waals surface area contributed by atoms with Gasteiger partial charge in [0.05, 0.1) is 6.54 Å². The van der Waals surface area contributed by atoms with E-state index in [-0.39, 0.29) is 5.91 Å². The molecule has 1 aromatic rings. The summed E-state index contributed by atoms with van der Waals surface area (Å²) in [5.74, 6) is 0.0238. The van der Waals surface area contributed by atoms with Crippen LogP contribution in [0.5, 0.6) is 0 Å². The number of nitrogens with one attached hydrogen (secondary N) is 2. The van der Waals surface area contributed by atoms with Gasteiger partial charge in [-0.05, 0) is 25.7 Å². The molecule has 0 radical (unpaired) electrons. The van der Waals surface area contributed by atoms with Crippen molar-refractivity contribution in [3.05, 3.63) is 30.1 Å². The van der Waals surface area contributed by atoms with E-state index in [0.717, 1.165) is 12.1 Å². The standard InChI is InChI=1S/C12H20N4O/c1-16(2)7-6-15-12(17)10-14-9-11-4-3-5-13-8-11/h3-5,8,14H,6-7,9-10H2,1-2H3,(H,15,17). The third-order valence-corrected chi connectivity index (χ3v) is 2.22. The van der Waals surface area contributed by atoms with Crippen molar-refractivity contribution < 1.29 is 4.79 Å². The zero-order valence-electron chi connectivity index (χ0n) is 10.4. The Labute approximate surface area is 102 Å². The van der Waals surface area contributed by atoms with Crippen molar-refractivity contribution >= 4 is 5.91 Å². The summed E-state index contributed by atoms with van der Waals surface area (Å²) in [7, 11) is 3.96. The summed E-state index contributed by atoms with van der Waals surface area (Å²) in [6, 6.07) is 3.86. The van der Waals surface area contributed by atoms with Crippen LogP contribution in [0.25, 0.3) is 0 Å². The SMILES string of the molecule is CN(C)CCNC(=O)CNCc1cccnc1. The number of likely N-dealkylation sites (N-methyl/N-ethyl adjacent to an activating group) is 1. The van der Waals surface area contributed by atoms with Crippen molar-refractivity contribution in [1.29, 1.82) is 0 Å². The molecule has 0 aliphatic heterocycles. The molecule has 5 heteroatoms. The minimum absolute atomic E-state index is 0.0238. The van der Waals surface area contributed by atoms with Crippen molar-refractivity contribution in [2.75, 3.05) is 33.7 Å². The first-order valence-corrected chi connectivity index (χ1v) is 5.69. The zero-order valence-corrected chi connectivity index (χ0v) is 10.4. The van der Waals surface area contributed by atoms with Gasteiger partial charge < -0.3 is 15.5 Å². The van der Waals surface area contributed by atoms with E-state index in [2.05, 4.69) is 15.6 Å². The van der Waals surface area contributed by atoms with Gasteiger partial charge in [0.15, 0.2) is 0 Å². The van der Waals surface area contributed by atoms with Crippen molar-refractivity contribution in [2.45, 2.75) is 6.54 Å². The van der Waals surface area contributed by atoms with Gasteiger partial charge in [0.25, 0.3) is 0 Å². The molecule has 0 fully saturated rings. The summed E-state index contributed by atoms with van der Waals surface area (Å²) in [6.07, 6.45) is 3.52. The highest BCUT2D eigenvalue weighted by atomic mass is 16.1. The lowest BCUT2D eigenvalue weighted by atomic mass is 10.3. The van der Waals surface area contributed by atoms with Gasteiger partial charge in [0.2, 0.25) is 5.91 Å². The van der Waals surface area contributed by atoms with Crippen molar-refractivity contribution in [2.24, 2.45) is 0 Å². The number of pyridine rings is 1. The van der Waals surface area contributed by atoms with E-state index in [9.17, 15) is 4.79 Å². The molecule has 0 saturated heterocycles. The maximum Gasteiger partial charge on any atom is 0.234 e. The lowest BCUT2D eigenvalue weighted by Gasteiger charge is -2.10. The van der Waals surface area contributed by atoms with Crippen LogP contribution >= 0.6 is 0 Å². The fourth-order valence-corrected chi connectivity index (χ4v) is 1.30. The molecule has 0 saturated carbocycles. The smallest absolute Gasteiger partial charge is 0.234 e. The molecule has 0 aliphatic carbocycles. The van der Waals surface area contributed by atoms with E-state index in [1.165, 1.54) is 0 Å². The van der Waals surface area contributed by atoms with Crippen molar-refractivity contribution in [1.82, 2.24) is 20.5 Å². The third kappa shape index (κ3) is 6.65. The number of carbonyl (C=O) groups excluding carboxylic acids is 1. The van der Waals surface area contributed by atoms with Gasteiger partial charge in [-0.25, -0.2) is 0 Å². The van der Waals surface area contributed by atoms with Crippen molar-refractivity contribution in [3.63, 3.8) is 0 Å². The van der Waals surface area contributed by atoms with Crippen LogP contribution in [-0.2, 0) is 11.3 Å². The second kappa shape index (κ2) is 7.76. The van der Waals surface area contributed by atoms with Gasteiger partial charge >= 0.3 is 0 Å². The molecular formula is C12H20N4O. The summed E-state index contributed by atoms with van der Waals surface area (Å²) in [5, 5.41) is 5.92. The fraction of sp³-hybridized carbons (Fsp3) is 0.500. The molecule has 1 heterocycles. The lowest BCUT2D eigenvalue weighted by molar-refractivity contribution is -0.120. The summed E-state index contributed by atoms with van der Waals surface area (Å²) < 4.78 is 0. The van der Waals surface area contributed by atoms with E-state index in [4.69, 9.17) is 0 Å². The Kier molecular flexibility index (Phi) is 6.21. The summed E-state index contributed by atoms with van der Waals surface area (Å²) >= 11 is 0. The highest BCUT2D eigenvalue weighted by molar-refractivity contribution is 5.77. The Balaban J connectivity index is 2.08. The molecule has 0 aliphatic rings. The first-order valence-electron chi connectivity index (χ1n) is 5.69. The molecule has 17 heavy (non-hydrogen) atoms. The van der Waals surface area contributed by atoms with Gasteiger partial charge in [-0.1, -0.05) is 6.07 Å². The van der Waals surface area contributed by atoms with E-state index in [1.807, 2.05) is 31.1 Å². The predicted octanol–water partition coefficient (Wildman–Crippen LogP) is -0.151. The van der Waals surface area contributed by atoms with Crippen LogP contribution < -0.4 is 10.6 Å². The molecule has 1 rings (SSSR count). The quantitative estimate of drug-likeness (QED) is 0.691. The number of hydrogen-bond donors (Lipinski definition) is 2. The van der Waals surface area contributed by atoms with Gasteiger partial charge in [0, 0.05) is 32.0 Å². The molecule has 0 aromatic carbocycles. The number of amides is 1. The second-order valence-corrected chi connectivity index (χ2v) is 4.12. The Morgan fingerprint density at radius 2 is 2.29 bits per heavy atom. The molecule has 0 atom stereocenters. The number of aromatic nitrogens is 1. The van der Waals surface area contributed by atoms with Crippen LogP contribution in [0.2, 0.25) is 0 Å². The normalized spacial score (nSPS) is 10.5. The largest absolute Gasteiger partial charge is 0.354 e. The fourth-order valence-electron chi connectivity index (χ4n) is 1.30. The second-order valence-electron chi connectivity index (χ2n) is 4.12. The summed E-state index contributed by atoms with van der Waals surface area (Å²) in [6.45, 7) is 2.53. The predicted molar refractivity (Wildman–Crippen MR) is 67.5 cm³/mol. The monoisotopic (exact) mass is 236 g/mol. The molecule has 1 amide bonds. The van der Waals surface area contributed by atoms with Crippen molar-refractivity contribution in [3.8, 4) is 0 Å². The molecule has 2 N–H and O–H groups in total. The Hall–Kier alpha value is -1.46. The Morgan fingerprint density at radius 1 is 1.47 bits per heavy atom. The highest BCUT2D eigenvalue weighted by Crippen LogP contribution is 1.93. The van der Waals surface area contributed by atoms with E-state index < -0.39 is 0 Å². The first kappa shape index (κ1) is 13.6. The summed E-state index contributed by atoms with van der Waals surface area (Å²) in [4.78, 5) is 17.4. The van der Waals surface area contributed by atoms with E-state index >= 15 is 0 Å². The van der Waals surface area contributed by atoms with Crippen LogP contribution in [0.1, 0.15) is 5.56 Å². The number of hydrogen-bond acceptors (Lipinski definition) is 4. The molecule has 0 spiro atoms. The average Bonchev–Trinajstić information content (AvgIpc) is 2.30. The van der Waals surface area contributed by atoms with Gasteiger partial charge in [-0.2, -0.15) is 0 Å². The van der Waals surface area contributed by atoms with Crippen LogP contribution in [-0.4, -0.2) is 49.5 Å².